The van der Waals surface area contributed by atoms with E-state index >= 15 is 0 Å². The molecule has 0 amide bonds. The summed E-state index contributed by atoms with van der Waals surface area (Å²) in [5.41, 5.74) is 1.29. The summed E-state index contributed by atoms with van der Waals surface area (Å²) in [5, 5.41) is 0. The van der Waals surface area contributed by atoms with Gasteiger partial charge in [-0.1, -0.05) is 18.2 Å². The van der Waals surface area contributed by atoms with Crippen molar-refractivity contribution < 1.29 is 9.47 Å². The van der Waals surface area contributed by atoms with E-state index in [-0.39, 0.29) is 0 Å². The Labute approximate surface area is 124 Å². The molecule has 5 heteroatoms. The predicted molar refractivity (Wildman–Crippen MR) is 85.2 cm³/mol. The maximum atomic E-state index is 5.52. The van der Waals surface area contributed by atoms with Crippen molar-refractivity contribution in [1.82, 2.24) is 0 Å². The number of anilines is 1. The molecular formula is C14H21NO2S2. The van der Waals surface area contributed by atoms with Gasteiger partial charge in [0.25, 0.3) is 0 Å². The molecule has 1 fully saturated rings. The van der Waals surface area contributed by atoms with Crippen molar-refractivity contribution in [3.8, 4) is 0 Å². The van der Waals surface area contributed by atoms with Gasteiger partial charge in [0, 0.05) is 17.2 Å². The van der Waals surface area contributed by atoms with Gasteiger partial charge in [-0.3, -0.25) is 0 Å². The van der Waals surface area contributed by atoms with Gasteiger partial charge in [-0.25, -0.2) is 0 Å². The van der Waals surface area contributed by atoms with Crippen LogP contribution in [0.15, 0.2) is 30.3 Å². The molecule has 0 spiro atoms. The van der Waals surface area contributed by atoms with E-state index in [1.54, 1.807) is 0 Å². The molecule has 0 aliphatic carbocycles. The smallest absolute Gasteiger partial charge is 0.0700 e. The monoisotopic (exact) mass is 299 g/mol. The third-order valence-electron chi connectivity index (χ3n) is 2.73. The highest BCUT2D eigenvalue weighted by Gasteiger charge is 2.06. The molecule has 0 aromatic heterocycles. The molecule has 1 aliphatic rings. The molecule has 3 nitrogen and oxygen atoms in total. The topological polar surface area (TPSA) is 21.7 Å². The van der Waals surface area contributed by atoms with Gasteiger partial charge in [0.15, 0.2) is 0 Å². The Hall–Kier alpha value is -0.360. The molecule has 19 heavy (non-hydrogen) atoms. The van der Waals surface area contributed by atoms with Crippen molar-refractivity contribution in [3.63, 3.8) is 0 Å². The molecule has 0 bridgehead atoms. The lowest BCUT2D eigenvalue weighted by Crippen LogP contribution is -2.23. The second-order valence-corrected chi connectivity index (χ2v) is 6.32. The number of para-hydroxylation sites is 1. The third-order valence-corrected chi connectivity index (χ3v) is 4.63. The summed E-state index contributed by atoms with van der Waals surface area (Å²) in [6.07, 6.45) is 0. The zero-order valence-electron chi connectivity index (χ0n) is 11.1. The fourth-order valence-corrected chi connectivity index (χ4v) is 3.50. The lowest BCUT2D eigenvalue weighted by atomic mass is 10.3. The van der Waals surface area contributed by atoms with Crippen LogP contribution in [-0.2, 0) is 9.47 Å². The number of thioether (sulfide) groups is 2. The summed E-state index contributed by atoms with van der Waals surface area (Å²) in [5.74, 6) is 4.10. The van der Waals surface area contributed by atoms with E-state index in [0.29, 0.717) is 13.2 Å². The molecular weight excluding hydrogens is 278 g/mol. The number of benzene rings is 1. The van der Waals surface area contributed by atoms with Crippen LogP contribution in [0.2, 0.25) is 0 Å². The average molecular weight is 299 g/mol. The first kappa shape index (κ1) is 15.0. The van der Waals surface area contributed by atoms with Gasteiger partial charge in [0.05, 0.1) is 38.2 Å². The zero-order valence-corrected chi connectivity index (χ0v) is 12.8. The maximum absolute atomic E-state index is 5.52. The SMILES string of the molecule is c1ccc(N2CSCCOCCOCCSC2)cc1. The Bertz CT molecular complexity index is 323. The Morgan fingerprint density at radius 2 is 1.37 bits per heavy atom. The molecule has 0 atom stereocenters. The van der Waals surface area contributed by atoms with Gasteiger partial charge in [-0.15, -0.1) is 23.5 Å². The molecule has 1 saturated heterocycles. The van der Waals surface area contributed by atoms with Crippen molar-refractivity contribution in [2.75, 3.05) is 54.6 Å². The summed E-state index contributed by atoms with van der Waals surface area (Å²) >= 11 is 3.85. The van der Waals surface area contributed by atoms with Gasteiger partial charge in [0.1, 0.15) is 0 Å². The van der Waals surface area contributed by atoms with Crippen LogP contribution in [0.5, 0.6) is 0 Å². The van der Waals surface area contributed by atoms with Gasteiger partial charge in [0.2, 0.25) is 0 Å². The normalized spacial score (nSPS) is 20.1. The fourth-order valence-electron chi connectivity index (χ4n) is 1.73. The van der Waals surface area contributed by atoms with Crippen LogP contribution in [0, 0.1) is 0 Å². The molecule has 0 unspecified atom stereocenters. The van der Waals surface area contributed by atoms with Crippen molar-refractivity contribution in [1.29, 1.82) is 0 Å². The summed E-state index contributed by atoms with van der Waals surface area (Å²) in [6.45, 7) is 3.05. The van der Waals surface area contributed by atoms with E-state index in [0.717, 1.165) is 36.5 Å². The van der Waals surface area contributed by atoms with Gasteiger partial charge < -0.3 is 14.4 Å². The summed E-state index contributed by atoms with van der Waals surface area (Å²) in [4.78, 5) is 2.41. The Balaban J connectivity index is 1.87. The molecule has 0 saturated carbocycles. The minimum absolute atomic E-state index is 0.716. The summed E-state index contributed by atoms with van der Waals surface area (Å²) < 4.78 is 11.0. The first-order valence-corrected chi connectivity index (χ1v) is 8.89. The van der Waals surface area contributed by atoms with E-state index < -0.39 is 0 Å². The third kappa shape index (κ3) is 6.08. The molecule has 106 valence electrons. The van der Waals surface area contributed by atoms with Crippen LogP contribution < -0.4 is 4.90 Å². The minimum atomic E-state index is 0.716. The highest BCUT2D eigenvalue weighted by molar-refractivity contribution is 8.00. The van der Waals surface area contributed by atoms with E-state index in [1.165, 1.54) is 5.69 Å². The lowest BCUT2D eigenvalue weighted by molar-refractivity contribution is 0.0605. The predicted octanol–water partition coefficient (Wildman–Crippen LogP) is 2.92. The molecule has 1 aromatic rings. The Kier molecular flexibility index (Phi) is 7.54. The number of ether oxygens (including phenoxy) is 2. The number of hydrogen-bond acceptors (Lipinski definition) is 5. The van der Waals surface area contributed by atoms with Crippen molar-refractivity contribution >= 4 is 29.2 Å². The number of hydrogen-bond donors (Lipinski definition) is 0. The van der Waals surface area contributed by atoms with Gasteiger partial charge in [-0.2, -0.15) is 0 Å². The number of nitrogens with zero attached hydrogens (tertiary/aromatic N) is 1. The fraction of sp³-hybridized carbons (Fsp3) is 0.571. The van der Waals surface area contributed by atoms with Crippen LogP contribution in [0.4, 0.5) is 5.69 Å². The average Bonchev–Trinajstić information content (AvgIpc) is 2.49. The van der Waals surface area contributed by atoms with Crippen LogP contribution in [0.3, 0.4) is 0 Å². The van der Waals surface area contributed by atoms with Crippen molar-refractivity contribution in [3.05, 3.63) is 30.3 Å². The van der Waals surface area contributed by atoms with E-state index in [9.17, 15) is 0 Å². The lowest BCUT2D eigenvalue weighted by Gasteiger charge is -2.24. The number of rotatable bonds is 1. The standard InChI is InChI=1S/C14H21NO2S2/c1-2-4-14(5-3-1)15-12-18-10-8-16-6-7-17-9-11-19-13-15/h1-5H,6-13H2. The van der Waals surface area contributed by atoms with Crippen molar-refractivity contribution in [2.24, 2.45) is 0 Å². The maximum Gasteiger partial charge on any atom is 0.0700 e. The van der Waals surface area contributed by atoms with Crippen LogP contribution in [0.1, 0.15) is 0 Å². The second kappa shape index (κ2) is 9.53. The summed E-state index contributed by atoms with van der Waals surface area (Å²) in [7, 11) is 0. The van der Waals surface area contributed by atoms with Gasteiger partial charge in [-0.05, 0) is 12.1 Å². The molecule has 0 radical (unpaired) electrons. The van der Waals surface area contributed by atoms with Crippen molar-refractivity contribution in [2.45, 2.75) is 0 Å². The zero-order chi connectivity index (χ0) is 13.2. The summed E-state index contributed by atoms with van der Waals surface area (Å²) in [6, 6.07) is 10.6. The quantitative estimate of drug-likeness (QED) is 0.793. The molecule has 1 aliphatic heterocycles. The Morgan fingerprint density at radius 1 is 0.789 bits per heavy atom. The molecule has 1 heterocycles. The van der Waals surface area contributed by atoms with Crippen LogP contribution in [0.25, 0.3) is 0 Å². The van der Waals surface area contributed by atoms with E-state index in [4.69, 9.17) is 9.47 Å². The second-order valence-electron chi connectivity index (χ2n) is 4.17. The van der Waals surface area contributed by atoms with Crippen LogP contribution in [-0.4, -0.2) is 49.7 Å². The van der Waals surface area contributed by atoms with E-state index in [1.807, 2.05) is 23.5 Å². The Morgan fingerprint density at radius 3 is 1.95 bits per heavy atom. The molecule has 2 rings (SSSR count). The largest absolute Gasteiger partial charge is 0.378 e. The molecule has 1 aromatic carbocycles. The highest BCUT2D eigenvalue weighted by atomic mass is 32.2. The van der Waals surface area contributed by atoms with E-state index in [2.05, 4.69) is 35.2 Å². The first-order chi connectivity index (χ1) is 9.47. The minimum Gasteiger partial charge on any atom is -0.378 e. The highest BCUT2D eigenvalue weighted by Crippen LogP contribution is 2.19. The van der Waals surface area contributed by atoms with Gasteiger partial charge >= 0.3 is 0 Å². The first-order valence-electron chi connectivity index (χ1n) is 6.58. The molecule has 0 N–H and O–H groups in total. The van der Waals surface area contributed by atoms with Crippen LogP contribution >= 0.6 is 23.5 Å².